The molecular formula is C14H16N2O3S. The van der Waals surface area contributed by atoms with Gasteiger partial charge in [-0.3, -0.25) is 0 Å². The average molecular weight is 292 g/mol. The molecule has 0 aliphatic carbocycles. The van der Waals surface area contributed by atoms with Crippen LogP contribution in [0.1, 0.15) is 36.4 Å². The van der Waals surface area contributed by atoms with Crippen molar-refractivity contribution in [3.63, 3.8) is 0 Å². The Bertz CT molecular complexity index is 677. The Balaban J connectivity index is 1.92. The summed E-state index contributed by atoms with van der Waals surface area (Å²) in [6.07, 6.45) is 1.58. The number of sulfone groups is 1. The predicted molar refractivity (Wildman–Crippen MR) is 73.9 cm³/mol. The molecule has 1 aromatic carbocycles. The zero-order chi connectivity index (χ0) is 14.4. The lowest BCUT2D eigenvalue weighted by Crippen LogP contribution is -2.48. The molecule has 1 spiro atoms. The van der Waals surface area contributed by atoms with Crippen LogP contribution in [0.15, 0.2) is 18.2 Å². The van der Waals surface area contributed by atoms with E-state index in [1.807, 2.05) is 0 Å². The number of benzene rings is 1. The van der Waals surface area contributed by atoms with E-state index < -0.39 is 15.4 Å². The van der Waals surface area contributed by atoms with Crippen molar-refractivity contribution in [2.75, 3.05) is 11.5 Å². The average Bonchev–Trinajstić information content (AvgIpc) is 2.43. The molecule has 3 rings (SSSR count). The highest BCUT2D eigenvalue weighted by molar-refractivity contribution is 7.91. The van der Waals surface area contributed by atoms with Crippen LogP contribution in [0, 0.1) is 11.3 Å². The largest absolute Gasteiger partial charge is 0.487 e. The Morgan fingerprint density at radius 1 is 1.35 bits per heavy atom. The lowest BCUT2D eigenvalue weighted by molar-refractivity contribution is 0.0264. The van der Waals surface area contributed by atoms with Gasteiger partial charge < -0.3 is 10.5 Å². The SMILES string of the molecule is N#Cc1ccc2c(c1)[C@@H](N)CC1(CCS(=O)(=O)CC1)O2. The fourth-order valence-electron chi connectivity index (χ4n) is 3.00. The van der Waals surface area contributed by atoms with Gasteiger partial charge in [-0.15, -0.1) is 0 Å². The van der Waals surface area contributed by atoms with Gasteiger partial charge in [0, 0.05) is 30.9 Å². The molecule has 0 amide bonds. The minimum Gasteiger partial charge on any atom is -0.487 e. The van der Waals surface area contributed by atoms with Gasteiger partial charge in [0.25, 0.3) is 0 Å². The van der Waals surface area contributed by atoms with E-state index >= 15 is 0 Å². The van der Waals surface area contributed by atoms with Crippen molar-refractivity contribution in [1.29, 1.82) is 5.26 Å². The van der Waals surface area contributed by atoms with E-state index in [4.69, 9.17) is 15.7 Å². The van der Waals surface area contributed by atoms with E-state index in [9.17, 15) is 8.42 Å². The van der Waals surface area contributed by atoms with Gasteiger partial charge in [0.05, 0.1) is 23.1 Å². The molecule has 5 nitrogen and oxygen atoms in total. The Morgan fingerprint density at radius 3 is 2.70 bits per heavy atom. The van der Waals surface area contributed by atoms with Gasteiger partial charge in [-0.25, -0.2) is 8.42 Å². The van der Waals surface area contributed by atoms with Crippen LogP contribution in [0.4, 0.5) is 0 Å². The first-order valence-corrected chi connectivity index (χ1v) is 8.44. The normalized spacial score (nSPS) is 26.3. The number of hydrogen-bond acceptors (Lipinski definition) is 5. The highest BCUT2D eigenvalue weighted by Gasteiger charge is 2.44. The van der Waals surface area contributed by atoms with Gasteiger partial charge >= 0.3 is 0 Å². The van der Waals surface area contributed by atoms with E-state index in [0.29, 0.717) is 30.6 Å². The van der Waals surface area contributed by atoms with Gasteiger partial charge in [-0.1, -0.05) is 0 Å². The summed E-state index contributed by atoms with van der Waals surface area (Å²) in [6, 6.07) is 7.09. The van der Waals surface area contributed by atoms with Crippen LogP contribution in [0.2, 0.25) is 0 Å². The van der Waals surface area contributed by atoms with Gasteiger partial charge in [-0.2, -0.15) is 5.26 Å². The second kappa shape index (κ2) is 4.47. The van der Waals surface area contributed by atoms with Crippen molar-refractivity contribution in [2.24, 2.45) is 5.73 Å². The molecule has 2 aliphatic heterocycles. The fourth-order valence-corrected chi connectivity index (χ4v) is 4.57. The molecule has 0 unspecified atom stereocenters. The van der Waals surface area contributed by atoms with Gasteiger partial charge in [-0.05, 0) is 18.2 Å². The fraction of sp³-hybridized carbons (Fsp3) is 0.500. The first-order valence-electron chi connectivity index (χ1n) is 6.62. The quantitative estimate of drug-likeness (QED) is 0.777. The van der Waals surface area contributed by atoms with Crippen molar-refractivity contribution in [3.05, 3.63) is 29.3 Å². The van der Waals surface area contributed by atoms with Gasteiger partial charge in [0.1, 0.15) is 11.4 Å². The molecule has 2 heterocycles. The molecule has 106 valence electrons. The molecule has 20 heavy (non-hydrogen) atoms. The molecule has 0 radical (unpaired) electrons. The van der Waals surface area contributed by atoms with Gasteiger partial charge in [0.2, 0.25) is 0 Å². The lowest BCUT2D eigenvalue weighted by Gasteiger charge is -2.43. The Kier molecular flexibility index (Phi) is 3.00. The minimum absolute atomic E-state index is 0.158. The lowest BCUT2D eigenvalue weighted by atomic mass is 9.83. The molecule has 1 fully saturated rings. The highest BCUT2D eigenvalue weighted by Crippen LogP contribution is 2.43. The van der Waals surface area contributed by atoms with E-state index in [-0.39, 0.29) is 17.5 Å². The second-order valence-electron chi connectivity index (χ2n) is 5.61. The van der Waals surface area contributed by atoms with Crippen LogP contribution < -0.4 is 10.5 Å². The molecule has 0 bridgehead atoms. The van der Waals surface area contributed by atoms with Crippen LogP contribution in [0.25, 0.3) is 0 Å². The standard InChI is InChI=1S/C14H16N2O3S/c15-9-10-1-2-13-11(7-10)12(16)8-14(19-13)3-5-20(17,18)6-4-14/h1-2,7,12H,3-6,8,16H2/t12-/m0/s1. The van der Waals surface area contributed by atoms with Crippen LogP contribution in [-0.2, 0) is 9.84 Å². The third kappa shape index (κ3) is 2.28. The molecule has 2 N–H and O–H groups in total. The number of fused-ring (bicyclic) bond motifs is 1. The van der Waals surface area contributed by atoms with Gasteiger partial charge in [0.15, 0.2) is 9.84 Å². The topological polar surface area (TPSA) is 93.2 Å². The summed E-state index contributed by atoms with van der Waals surface area (Å²) in [6.45, 7) is 0. The monoisotopic (exact) mass is 292 g/mol. The number of hydrogen-bond donors (Lipinski definition) is 1. The molecule has 2 aliphatic rings. The van der Waals surface area contributed by atoms with Crippen LogP contribution in [0.3, 0.4) is 0 Å². The molecule has 0 saturated carbocycles. The van der Waals surface area contributed by atoms with Crippen LogP contribution in [-0.4, -0.2) is 25.5 Å². The van der Waals surface area contributed by atoms with Crippen molar-refractivity contribution < 1.29 is 13.2 Å². The second-order valence-corrected chi connectivity index (χ2v) is 7.92. The Hall–Kier alpha value is -1.58. The molecule has 1 atom stereocenters. The zero-order valence-corrected chi connectivity index (χ0v) is 11.8. The van der Waals surface area contributed by atoms with E-state index in [1.165, 1.54) is 0 Å². The molecule has 0 aromatic heterocycles. The number of nitrogens with zero attached hydrogens (tertiary/aromatic N) is 1. The summed E-state index contributed by atoms with van der Waals surface area (Å²) in [5.74, 6) is 0.999. The number of nitrogens with two attached hydrogens (primary N) is 1. The van der Waals surface area contributed by atoms with Crippen LogP contribution in [0.5, 0.6) is 5.75 Å². The Labute approximate surface area is 118 Å². The van der Waals surface area contributed by atoms with Crippen molar-refractivity contribution >= 4 is 9.84 Å². The first kappa shape index (κ1) is 13.4. The highest BCUT2D eigenvalue weighted by atomic mass is 32.2. The maximum atomic E-state index is 11.6. The van der Waals surface area contributed by atoms with Crippen molar-refractivity contribution in [1.82, 2.24) is 0 Å². The number of rotatable bonds is 0. The summed E-state index contributed by atoms with van der Waals surface area (Å²) in [7, 11) is -2.93. The van der Waals surface area contributed by atoms with E-state index in [1.54, 1.807) is 18.2 Å². The predicted octanol–water partition coefficient (Wildman–Crippen LogP) is 1.29. The summed E-state index contributed by atoms with van der Waals surface area (Å²) < 4.78 is 29.2. The van der Waals surface area contributed by atoms with Crippen LogP contribution >= 0.6 is 0 Å². The van der Waals surface area contributed by atoms with Crippen molar-refractivity contribution in [3.8, 4) is 11.8 Å². The van der Waals surface area contributed by atoms with Crippen molar-refractivity contribution in [2.45, 2.75) is 30.9 Å². The maximum Gasteiger partial charge on any atom is 0.150 e. The third-order valence-electron chi connectivity index (χ3n) is 4.19. The smallest absolute Gasteiger partial charge is 0.150 e. The molecule has 6 heteroatoms. The number of nitriles is 1. The van der Waals surface area contributed by atoms with E-state index in [0.717, 1.165) is 5.56 Å². The summed E-state index contributed by atoms with van der Waals surface area (Å²) in [5.41, 5.74) is 7.13. The molecular weight excluding hydrogens is 276 g/mol. The maximum absolute atomic E-state index is 11.6. The van der Waals surface area contributed by atoms with E-state index in [2.05, 4.69) is 6.07 Å². The molecule has 1 aromatic rings. The summed E-state index contributed by atoms with van der Waals surface area (Å²) in [5, 5.41) is 8.93. The molecule has 1 saturated heterocycles. The Morgan fingerprint density at radius 2 is 2.05 bits per heavy atom. The zero-order valence-electron chi connectivity index (χ0n) is 11.0. The number of ether oxygens (including phenoxy) is 1. The third-order valence-corrected chi connectivity index (χ3v) is 5.85. The summed E-state index contributed by atoms with van der Waals surface area (Å²) >= 11 is 0. The summed E-state index contributed by atoms with van der Waals surface area (Å²) in [4.78, 5) is 0. The first-order chi connectivity index (χ1) is 9.43. The minimum atomic E-state index is -2.93.